The van der Waals surface area contributed by atoms with Gasteiger partial charge in [0.15, 0.2) is 6.61 Å². The van der Waals surface area contributed by atoms with Crippen LogP contribution in [-0.2, 0) is 11.2 Å². The van der Waals surface area contributed by atoms with E-state index in [2.05, 4.69) is 5.32 Å². The van der Waals surface area contributed by atoms with Gasteiger partial charge in [0.1, 0.15) is 5.75 Å². The average Bonchev–Trinajstić information content (AvgIpc) is 2.37. The van der Waals surface area contributed by atoms with Crippen LogP contribution in [0.3, 0.4) is 0 Å². The molecule has 0 radical (unpaired) electrons. The summed E-state index contributed by atoms with van der Waals surface area (Å²) in [5, 5.41) is 12.2. The van der Waals surface area contributed by atoms with Crippen molar-refractivity contribution in [3.63, 3.8) is 0 Å². The van der Waals surface area contributed by atoms with Gasteiger partial charge >= 0.3 is 0 Å². The van der Waals surface area contributed by atoms with Crippen molar-refractivity contribution in [1.82, 2.24) is 5.32 Å². The van der Waals surface area contributed by atoms with Gasteiger partial charge in [-0.3, -0.25) is 4.79 Å². The number of hydrogen-bond acceptors (Lipinski definition) is 3. The van der Waals surface area contributed by atoms with Gasteiger partial charge in [0, 0.05) is 5.54 Å². The molecule has 0 heterocycles. The zero-order valence-corrected chi connectivity index (χ0v) is 12.8. The molecule has 0 aliphatic rings. The lowest BCUT2D eigenvalue weighted by molar-refractivity contribution is -0.124. The number of aliphatic hydroxyl groups is 1. The van der Waals surface area contributed by atoms with Gasteiger partial charge in [0.2, 0.25) is 0 Å². The number of carbonyl (C=O) groups is 1. The van der Waals surface area contributed by atoms with Crippen LogP contribution in [0, 0.1) is 0 Å². The van der Waals surface area contributed by atoms with Gasteiger partial charge in [-0.05, 0) is 51.3 Å². The quantitative estimate of drug-likeness (QED) is 0.805. The van der Waals surface area contributed by atoms with Crippen LogP contribution in [0.5, 0.6) is 5.75 Å². The van der Waals surface area contributed by atoms with Gasteiger partial charge in [-0.2, -0.15) is 0 Å². The summed E-state index contributed by atoms with van der Waals surface area (Å²) in [5.41, 5.74) is 0.839. The van der Waals surface area contributed by atoms with Crippen LogP contribution in [0.15, 0.2) is 24.3 Å². The summed E-state index contributed by atoms with van der Waals surface area (Å²) in [5.74, 6) is 0.536. The van der Waals surface area contributed by atoms with E-state index in [0.717, 1.165) is 12.0 Å². The molecule has 0 fully saturated rings. The smallest absolute Gasteiger partial charge is 0.258 e. The second-order valence-electron chi connectivity index (χ2n) is 5.77. The van der Waals surface area contributed by atoms with Crippen molar-refractivity contribution in [3.05, 3.63) is 29.8 Å². The number of rotatable bonds is 7. The van der Waals surface area contributed by atoms with E-state index in [1.165, 1.54) is 0 Å². The Kier molecular flexibility index (Phi) is 6.02. The number of hydrogen-bond donors (Lipinski definition) is 2. The van der Waals surface area contributed by atoms with E-state index in [9.17, 15) is 9.90 Å². The molecular weight excluding hydrogens is 254 g/mol. The molecule has 0 aromatic heterocycles. The minimum Gasteiger partial charge on any atom is -0.484 e. The molecule has 4 nitrogen and oxygen atoms in total. The Morgan fingerprint density at radius 3 is 2.45 bits per heavy atom. The normalized spacial score (nSPS) is 12.8. The van der Waals surface area contributed by atoms with E-state index in [0.29, 0.717) is 12.2 Å². The standard InChI is InChI=1S/C16H25NO3/c1-5-16(3,4)17-15(19)11-20-14-8-6-13(7-9-14)10-12(2)18/h6-9,12,18H,5,10-11H2,1-4H3,(H,17,19). The fraction of sp³-hybridized carbons (Fsp3) is 0.562. The lowest BCUT2D eigenvalue weighted by Crippen LogP contribution is -2.44. The first-order valence-electron chi connectivity index (χ1n) is 7.03. The van der Waals surface area contributed by atoms with E-state index in [4.69, 9.17) is 4.74 Å². The van der Waals surface area contributed by atoms with Gasteiger partial charge < -0.3 is 15.2 Å². The van der Waals surface area contributed by atoms with Gasteiger partial charge in [-0.15, -0.1) is 0 Å². The topological polar surface area (TPSA) is 58.6 Å². The summed E-state index contributed by atoms with van der Waals surface area (Å²) in [6.07, 6.45) is 1.13. The molecule has 1 aromatic carbocycles. The molecule has 0 aliphatic heterocycles. The first-order chi connectivity index (χ1) is 9.32. The Balaban J connectivity index is 2.44. The molecule has 1 rings (SSSR count). The highest BCUT2D eigenvalue weighted by Gasteiger charge is 2.17. The van der Waals surface area contributed by atoms with E-state index < -0.39 is 0 Å². The van der Waals surface area contributed by atoms with E-state index in [1.54, 1.807) is 6.92 Å². The lowest BCUT2D eigenvalue weighted by Gasteiger charge is -2.24. The molecular formula is C16H25NO3. The van der Waals surface area contributed by atoms with Crippen molar-refractivity contribution in [2.24, 2.45) is 0 Å². The highest BCUT2D eigenvalue weighted by atomic mass is 16.5. The van der Waals surface area contributed by atoms with E-state index in [-0.39, 0.29) is 24.2 Å². The second-order valence-corrected chi connectivity index (χ2v) is 5.77. The molecule has 0 aliphatic carbocycles. The molecule has 0 saturated heterocycles. The molecule has 4 heteroatoms. The van der Waals surface area contributed by atoms with Crippen molar-refractivity contribution < 1.29 is 14.6 Å². The Hall–Kier alpha value is -1.55. The molecule has 1 unspecified atom stereocenters. The first-order valence-corrected chi connectivity index (χ1v) is 7.03. The van der Waals surface area contributed by atoms with E-state index >= 15 is 0 Å². The maximum Gasteiger partial charge on any atom is 0.258 e. The van der Waals surface area contributed by atoms with Crippen LogP contribution >= 0.6 is 0 Å². The SMILES string of the molecule is CCC(C)(C)NC(=O)COc1ccc(CC(C)O)cc1. The lowest BCUT2D eigenvalue weighted by atomic mass is 10.0. The van der Waals surface area contributed by atoms with Gasteiger partial charge in [-0.25, -0.2) is 0 Å². The Labute approximate surface area is 121 Å². The third-order valence-electron chi connectivity index (χ3n) is 3.19. The third kappa shape index (κ3) is 6.06. The Morgan fingerprint density at radius 1 is 1.35 bits per heavy atom. The van der Waals surface area contributed by atoms with Crippen molar-refractivity contribution in [2.45, 2.75) is 52.2 Å². The number of benzene rings is 1. The summed E-state index contributed by atoms with van der Waals surface area (Å²) in [6.45, 7) is 7.76. The van der Waals surface area contributed by atoms with Crippen molar-refractivity contribution in [3.8, 4) is 5.75 Å². The number of aliphatic hydroxyl groups excluding tert-OH is 1. The van der Waals surface area contributed by atoms with Crippen LogP contribution in [0.1, 0.15) is 39.7 Å². The number of amides is 1. The van der Waals surface area contributed by atoms with Crippen molar-refractivity contribution in [1.29, 1.82) is 0 Å². The predicted octanol–water partition coefficient (Wildman–Crippen LogP) is 2.29. The van der Waals surface area contributed by atoms with Crippen molar-refractivity contribution >= 4 is 5.91 Å². The molecule has 1 atom stereocenters. The molecule has 112 valence electrons. The Morgan fingerprint density at radius 2 is 1.95 bits per heavy atom. The molecule has 0 bridgehead atoms. The molecule has 20 heavy (non-hydrogen) atoms. The first kappa shape index (κ1) is 16.5. The second kappa shape index (κ2) is 7.29. The molecule has 1 aromatic rings. The summed E-state index contributed by atoms with van der Waals surface area (Å²) in [7, 11) is 0. The third-order valence-corrected chi connectivity index (χ3v) is 3.19. The highest BCUT2D eigenvalue weighted by Crippen LogP contribution is 2.13. The maximum atomic E-state index is 11.7. The van der Waals surface area contributed by atoms with Crippen LogP contribution in [0.25, 0.3) is 0 Å². The number of ether oxygens (including phenoxy) is 1. The van der Waals surface area contributed by atoms with Crippen LogP contribution in [0.4, 0.5) is 0 Å². The maximum absolute atomic E-state index is 11.7. The minimum atomic E-state index is -0.358. The number of nitrogens with one attached hydrogen (secondary N) is 1. The predicted molar refractivity (Wildman–Crippen MR) is 79.8 cm³/mol. The van der Waals surface area contributed by atoms with Gasteiger partial charge in [-0.1, -0.05) is 19.1 Å². The molecule has 0 saturated carbocycles. The fourth-order valence-electron chi connectivity index (χ4n) is 1.71. The summed E-state index contributed by atoms with van der Waals surface area (Å²) in [6, 6.07) is 7.43. The van der Waals surface area contributed by atoms with Gasteiger partial charge in [0.05, 0.1) is 6.10 Å². The zero-order chi connectivity index (χ0) is 15.2. The van der Waals surface area contributed by atoms with Crippen molar-refractivity contribution in [2.75, 3.05) is 6.61 Å². The molecule has 1 amide bonds. The minimum absolute atomic E-state index is 0.0131. The fourth-order valence-corrected chi connectivity index (χ4v) is 1.71. The van der Waals surface area contributed by atoms with Crippen LogP contribution in [-0.4, -0.2) is 29.3 Å². The summed E-state index contributed by atoms with van der Waals surface area (Å²) >= 11 is 0. The van der Waals surface area contributed by atoms with Crippen LogP contribution in [0.2, 0.25) is 0 Å². The Bertz CT molecular complexity index is 424. The van der Waals surface area contributed by atoms with Crippen LogP contribution < -0.4 is 10.1 Å². The monoisotopic (exact) mass is 279 g/mol. The number of carbonyl (C=O) groups excluding carboxylic acids is 1. The largest absolute Gasteiger partial charge is 0.484 e. The van der Waals surface area contributed by atoms with E-state index in [1.807, 2.05) is 45.0 Å². The summed E-state index contributed by atoms with van der Waals surface area (Å²) in [4.78, 5) is 11.7. The molecule has 0 spiro atoms. The van der Waals surface area contributed by atoms with Gasteiger partial charge in [0.25, 0.3) is 5.91 Å². The highest BCUT2D eigenvalue weighted by molar-refractivity contribution is 5.78. The average molecular weight is 279 g/mol. The zero-order valence-electron chi connectivity index (χ0n) is 12.8. The summed E-state index contributed by atoms with van der Waals surface area (Å²) < 4.78 is 5.44. The molecule has 2 N–H and O–H groups in total.